The molecule has 4 rings (SSSR count). The highest BCUT2D eigenvalue weighted by molar-refractivity contribution is 6.45. The monoisotopic (exact) mass is 581 g/mol. The van der Waals surface area contributed by atoms with Crippen LogP contribution in [0.15, 0.2) is 58.7 Å². The maximum Gasteiger partial charge on any atom is 0.232 e. The molecule has 0 bridgehead atoms. The van der Waals surface area contributed by atoms with E-state index in [0.29, 0.717) is 28.5 Å². The molecule has 0 saturated carbocycles. The standard InChI is InChI=1S/C30H40ClN7O3/c1-30(34-23-10-8-7-9-22(23)28(40)25(39)19-36(2)3)27(31)18-32-29(35-30)33-24-12-11-21(17-26(24)41-6)38-15-13-20(14-16-38)37(4)5/h7-12,17-18,20,34H,13-16,19H2,1-6H3,(H2,32,33,35). The second-order valence-electron chi connectivity index (χ2n) is 11.0. The number of ether oxygens (including phenoxy) is 1. The topological polar surface area (TPSA) is 102 Å². The van der Waals surface area contributed by atoms with E-state index in [4.69, 9.17) is 21.3 Å². The SMILES string of the molecule is COc1cc(N2CCC(N(C)C)CC2)ccc1NC1=NC(C)(Nc2ccccc2C(=O)C(=O)CN(C)C)C(Cl)=CN1. The number of benzene rings is 2. The Kier molecular flexibility index (Phi) is 9.57. The van der Waals surface area contributed by atoms with Crippen molar-refractivity contribution >= 4 is 46.2 Å². The third-order valence-corrected chi connectivity index (χ3v) is 7.87. The Bertz CT molecular complexity index is 1340. The molecule has 0 aliphatic carbocycles. The van der Waals surface area contributed by atoms with Gasteiger partial charge in [0.25, 0.3) is 0 Å². The van der Waals surface area contributed by atoms with Gasteiger partial charge < -0.3 is 35.4 Å². The lowest BCUT2D eigenvalue weighted by Crippen LogP contribution is -2.43. The number of aliphatic imine (C=N–C) groups is 1. The molecule has 1 atom stereocenters. The summed E-state index contributed by atoms with van der Waals surface area (Å²) < 4.78 is 5.73. The van der Waals surface area contributed by atoms with Gasteiger partial charge in [-0.1, -0.05) is 23.7 Å². The normalized spacial score (nSPS) is 19.4. The zero-order chi connectivity index (χ0) is 29.7. The number of likely N-dealkylation sites (N-methyl/N-ethyl adjacent to an activating group) is 1. The molecule has 2 aromatic rings. The molecule has 0 spiro atoms. The Morgan fingerprint density at radius 1 is 1.12 bits per heavy atom. The smallest absolute Gasteiger partial charge is 0.232 e. The minimum atomic E-state index is -1.11. The average molecular weight is 582 g/mol. The van der Waals surface area contributed by atoms with Gasteiger partial charge in [0, 0.05) is 48.3 Å². The molecule has 1 saturated heterocycles. The number of rotatable bonds is 10. The van der Waals surface area contributed by atoms with Crippen LogP contribution in [0.4, 0.5) is 17.1 Å². The molecule has 2 aromatic carbocycles. The van der Waals surface area contributed by atoms with E-state index in [2.05, 4.69) is 45.9 Å². The molecule has 11 heteroatoms. The highest BCUT2D eigenvalue weighted by atomic mass is 35.5. The number of carbonyl (C=O) groups excluding carboxylic acids is 2. The van der Waals surface area contributed by atoms with E-state index < -0.39 is 17.2 Å². The zero-order valence-corrected chi connectivity index (χ0v) is 25.4. The van der Waals surface area contributed by atoms with Crippen LogP contribution in [0.2, 0.25) is 0 Å². The fourth-order valence-corrected chi connectivity index (χ4v) is 5.19. The summed E-state index contributed by atoms with van der Waals surface area (Å²) in [6, 6.07) is 13.6. The second-order valence-corrected chi connectivity index (χ2v) is 11.4. The number of nitrogens with zero attached hydrogens (tertiary/aromatic N) is 4. The molecule has 2 heterocycles. The first-order chi connectivity index (χ1) is 19.5. The number of ketones is 2. The molecule has 0 radical (unpaired) electrons. The Labute approximate surface area is 247 Å². The Balaban J connectivity index is 1.53. The molecule has 3 N–H and O–H groups in total. The van der Waals surface area contributed by atoms with Crippen LogP contribution in [0.1, 0.15) is 30.1 Å². The van der Waals surface area contributed by atoms with Crippen LogP contribution in [-0.2, 0) is 4.79 Å². The maximum atomic E-state index is 12.9. The first-order valence-electron chi connectivity index (χ1n) is 13.7. The van der Waals surface area contributed by atoms with Gasteiger partial charge in [-0.2, -0.15) is 0 Å². The molecule has 10 nitrogen and oxygen atoms in total. The number of carbonyl (C=O) groups is 2. The van der Waals surface area contributed by atoms with Gasteiger partial charge in [-0.15, -0.1) is 0 Å². The van der Waals surface area contributed by atoms with E-state index in [1.807, 2.05) is 12.1 Å². The molecule has 0 aromatic heterocycles. The minimum Gasteiger partial charge on any atom is -0.494 e. The van der Waals surface area contributed by atoms with Crippen molar-refractivity contribution in [2.75, 3.05) is 70.5 Å². The Morgan fingerprint density at radius 3 is 2.49 bits per heavy atom. The average Bonchev–Trinajstić information content (AvgIpc) is 2.95. The van der Waals surface area contributed by atoms with Crippen LogP contribution in [0.25, 0.3) is 0 Å². The van der Waals surface area contributed by atoms with Gasteiger partial charge in [0.2, 0.25) is 17.5 Å². The largest absolute Gasteiger partial charge is 0.494 e. The number of hydrogen-bond donors (Lipinski definition) is 3. The minimum absolute atomic E-state index is 0.0240. The molecule has 2 aliphatic heterocycles. The summed E-state index contributed by atoms with van der Waals surface area (Å²) in [4.78, 5) is 36.6. The molecule has 41 heavy (non-hydrogen) atoms. The van der Waals surface area contributed by atoms with Gasteiger partial charge in [0.15, 0.2) is 5.66 Å². The van der Waals surface area contributed by atoms with Crippen molar-refractivity contribution in [2.45, 2.75) is 31.5 Å². The second kappa shape index (κ2) is 12.9. The molecule has 220 valence electrons. The number of anilines is 3. The van der Waals surface area contributed by atoms with E-state index in [0.717, 1.165) is 37.3 Å². The van der Waals surface area contributed by atoms with Crippen molar-refractivity contribution < 1.29 is 14.3 Å². The molecule has 1 fully saturated rings. The summed E-state index contributed by atoms with van der Waals surface area (Å²) in [5.41, 5.74) is 1.47. The summed E-state index contributed by atoms with van der Waals surface area (Å²) in [7, 11) is 9.42. The lowest BCUT2D eigenvalue weighted by molar-refractivity contribution is -0.115. The first-order valence-corrected chi connectivity index (χ1v) is 14.1. The number of nitrogens with one attached hydrogen (secondary N) is 3. The van der Waals surface area contributed by atoms with Crippen LogP contribution in [0.5, 0.6) is 5.75 Å². The van der Waals surface area contributed by atoms with E-state index >= 15 is 0 Å². The zero-order valence-electron chi connectivity index (χ0n) is 24.6. The maximum absolute atomic E-state index is 12.9. The van der Waals surface area contributed by atoms with Crippen LogP contribution in [-0.4, -0.2) is 94.0 Å². The van der Waals surface area contributed by atoms with Crippen molar-refractivity contribution in [3.05, 3.63) is 59.3 Å². The molecular weight excluding hydrogens is 542 g/mol. The Morgan fingerprint density at radius 2 is 1.83 bits per heavy atom. The van der Waals surface area contributed by atoms with E-state index in [-0.39, 0.29) is 12.1 Å². The van der Waals surface area contributed by atoms with Crippen molar-refractivity contribution in [1.82, 2.24) is 15.1 Å². The van der Waals surface area contributed by atoms with Gasteiger partial charge in [-0.25, -0.2) is 4.99 Å². The highest BCUT2D eigenvalue weighted by Crippen LogP contribution is 2.34. The predicted molar refractivity (Wildman–Crippen MR) is 166 cm³/mol. The number of guanidine groups is 1. The molecular formula is C30H40ClN7O3. The third kappa shape index (κ3) is 7.19. The van der Waals surface area contributed by atoms with Crippen molar-refractivity contribution in [3.63, 3.8) is 0 Å². The highest BCUT2D eigenvalue weighted by Gasteiger charge is 2.33. The van der Waals surface area contributed by atoms with Crippen molar-refractivity contribution in [1.29, 1.82) is 0 Å². The molecule has 1 unspecified atom stereocenters. The number of Topliss-reactive ketones (excluding diaryl/α,β-unsaturated/α-hetero) is 2. The van der Waals surface area contributed by atoms with Gasteiger partial charge in [0.1, 0.15) is 5.75 Å². The van der Waals surface area contributed by atoms with Crippen LogP contribution in [0.3, 0.4) is 0 Å². The van der Waals surface area contributed by atoms with Gasteiger partial charge in [0.05, 0.1) is 24.4 Å². The van der Waals surface area contributed by atoms with Crippen LogP contribution in [0, 0.1) is 0 Å². The first kappa shape index (κ1) is 30.4. The third-order valence-electron chi connectivity index (χ3n) is 7.40. The predicted octanol–water partition coefficient (Wildman–Crippen LogP) is 3.82. The quantitative estimate of drug-likeness (QED) is 0.285. The Hall–Kier alpha value is -3.60. The number of piperidine rings is 1. The van der Waals surface area contributed by atoms with Crippen LogP contribution >= 0.6 is 11.6 Å². The van der Waals surface area contributed by atoms with Crippen molar-refractivity contribution in [3.8, 4) is 5.75 Å². The fraction of sp³-hybridized carbons (Fsp3) is 0.433. The number of halogens is 1. The fourth-order valence-electron chi connectivity index (χ4n) is 5.04. The van der Waals surface area contributed by atoms with Crippen LogP contribution < -0.4 is 25.6 Å². The lowest BCUT2D eigenvalue weighted by atomic mass is 10.0. The summed E-state index contributed by atoms with van der Waals surface area (Å²) >= 11 is 6.61. The molecule has 2 aliphatic rings. The summed E-state index contributed by atoms with van der Waals surface area (Å²) in [6.07, 6.45) is 3.88. The van der Waals surface area contributed by atoms with E-state index in [1.54, 1.807) is 63.5 Å². The summed E-state index contributed by atoms with van der Waals surface area (Å²) in [6.45, 7) is 3.81. The number of methoxy groups -OCH3 is 1. The lowest BCUT2D eigenvalue weighted by Gasteiger charge is -2.36. The van der Waals surface area contributed by atoms with E-state index in [9.17, 15) is 9.59 Å². The molecule has 0 amide bonds. The summed E-state index contributed by atoms with van der Waals surface area (Å²) in [5, 5.41) is 10.1. The van der Waals surface area contributed by atoms with Gasteiger partial charge in [-0.05, 0) is 72.2 Å². The summed E-state index contributed by atoms with van der Waals surface area (Å²) in [5.74, 6) is 0.0597. The number of para-hydroxylation sites is 1. The van der Waals surface area contributed by atoms with Crippen molar-refractivity contribution in [2.24, 2.45) is 4.99 Å². The van der Waals surface area contributed by atoms with Gasteiger partial charge >= 0.3 is 0 Å². The van der Waals surface area contributed by atoms with E-state index in [1.165, 1.54) is 0 Å². The van der Waals surface area contributed by atoms with Gasteiger partial charge in [-0.3, -0.25) is 9.59 Å². The number of hydrogen-bond acceptors (Lipinski definition) is 10.